The molecule has 1 spiro atoms. The summed E-state index contributed by atoms with van der Waals surface area (Å²) in [5.74, 6) is 0.584. The molecule has 2 aromatic heterocycles. The Morgan fingerprint density at radius 3 is 2.96 bits per heavy atom. The minimum Gasteiger partial charge on any atom is -0.491 e. The third-order valence-corrected chi connectivity index (χ3v) is 5.13. The van der Waals surface area contributed by atoms with E-state index in [2.05, 4.69) is 20.7 Å². The first-order valence-electron chi connectivity index (χ1n) is 8.89. The third kappa shape index (κ3) is 2.77. The Morgan fingerprint density at radius 1 is 1.30 bits per heavy atom. The summed E-state index contributed by atoms with van der Waals surface area (Å²) in [5, 5.41) is 10.8. The zero-order valence-electron chi connectivity index (χ0n) is 14.7. The smallest absolute Gasteiger partial charge is 0.272 e. The summed E-state index contributed by atoms with van der Waals surface area (Å²) in [5.41, 5.74) is 1.25. The number of amides is 1. The third-order valence-electron chi connectivity index (χ3n) is 5.13. The summed E-state index contributed by atoms with van der Waals surface area (Å²) < 4.78 is 21.4. The molecular weight excluding hydrogens is 349 g/mol. The van der Waals surface area contributed by atoms with E-state index in [9.17, 15) is 9.18 Å². The molecule has 1 amide bonds. The van der Waals surface area contributed by atoms with Crippen LogP contribution in [-0.2, 0) is 0 Å². The number of hydrogen-bond donors (Lipinski definition) is 2. The SMILES string of the molecule is C[C@@H]1Nc2ccc3ncc(n3n2)C(=O)NC2(CC2)COc2ccc(F)cc21. The molecule has 1 atom stereocenters. The Labute approximate surface area is 154 Å². The van der Waals surface area contributed by atoms with Gasteiger partial charge in [0.15, 0.2) is 11.3 Å². The van der Waals surface area contributed by atoms with Crippen molar-refractivity contribution in [1.82, 2.24) is 19.9 Å². The normalized spacial score (nSPS) is 20.7. The molecule has 0 saturated heterocycles. The van der Waals surface area contributed by atoms with Crippen LogP contribution in [0.15, 0.2) is 36.5 Å². The minimum absolute atomic E-state index is 0.236. The average molecular weight is 367 g/mol. The molecule has 0 radical (unpaired) electrons. The number of hydrogen-bond acceptors (Lipinski definition) is 5. The molecule has 2 bridgehead atoms. The van der Waals surface area contributed by atoms with Gasteiger partial charge >= 0.3 is 0 Å². The number of carbonyl (C=O) groups is 1. The van der Waals surface area contributed by atoms with Crippen LogP contribution in [0.5, 0.6) is 5.75 Å². The summed E-state index contributed by atoms with van der Waals surface area (Å²) >= 11 is 0. The molecule has 138 valence electrons. The van der Waals surface area contributed by atoms with E-state index in [-0.39, 0.29) is 17.8 Å². The van der Waals surface area contributed by atoms with E-state index in [1.807, 2.05) is 6.92 Å². The summed E-state index contributed by atoms with van der Waals surface area (Å²) in [6.45, 7) is 2.25. The van der Waals surface area contributed by atoms with E-state index in [0.29, 0.717) is 35.1 Å². The van der Waals surface area contributed by atoms with Crippen LogP contribution >= 0.6 is 0 Å². The first-order chi connectivity index (χ1) is 13.0. The number of nitrogens with zero attached hydrogens (tertiary/aromatic N) is 3. The lowest BCUT2D eigenvalue weighted by atomic mass is 10.1. The van der Waals surface area contributed by atoms with Gasteiger partial charge in [-0.05, 0) is 50.1 Å². The number of ether oxygens (including phenoxy) is 1. The fourth-order valence-electron chi connectivity index (χ4n) is 3.37. The molecule has 2 aliphatic rings. The first-order valence-corrected chi connectivity index (χ1v) is 8.89. The largest absolute Gasteiger partial charge is 0.491 e. The molecule has 7 nitrogen and oxygen atoms in total. The predicted molar refractivity (Wildman–Crippen MR) is 96.4 cm³/mol. The maximum absolute atomic E-state index is 13.9. The van der Waals surface area contributed by atoms with Crippen LogP contribution in [0.1, 0.15) is 41.9 Å². The van der Waals surface area contributed by atoms with Crippen molar-refractivity contribution in [2.24, 2.45) is 0 Å². The number of fused-ring (bicyclic) bond motifs is 2. The second-order valence-corrected chi connectivity index (χ2v) is 7.20. The molecular formula is C19H18FN5O2. The van der Waals surface area contributed by atoms with Gasteiger partial charge in [0.2, 0.25) is 0 Å². The highest BCUT2D eigenvalue weighted by atomic mass is 19.1. The fraction of sp³-hybridized carbons (Fsp3) is 0.316. The van der Waals surface area contributed by atoms with Gasteiger partial charge in [-0.1, -0.05) is 0 Å². The Balaban J connectivity index is 1.63. The quantitative estimate of drug-likeness (QED) is 0.639. The van der Waals surface area contributed by atoms with Gasteiger partial charge < -0.3 is 15.4 Å². The van der Waals surface area contributed by atoms with Crippen molar-refractivity contribution in [3.63, 3.8) is 0 Å². The maximum Gasteiger partial charge on any atom is 0.272 e. The van der Waals surface area contributed by atoms with E-state index in [0.717, 1.165) is 12.8 Å². The zero-order chi connectivity index (χ0) is 18.6. The van der Waals surface area contributed by atoms with E-state index >= 15 is 0 Å². The predicted octanol–water partition coefficient (Wildman–Crippen LogP) is 2.70. The van der Waals surface area contributed by atoms with Crippen LogP contribution in [0, 0.1) is 5.82 Å². The lowest BCUT2D eigenvalue weighted by Crippen LogP contribution is -2.41. The van der Waals surface area contributed by atoms with Gasteiger partial charge in [-0.3, -0.25) is 4.79 Å². The number of rotatable bonds is 0. The molecule has 3 aromatic rings. The van der Waals surface area contributed by atoms with Crippen LogP contribution in [0.2, 0.25) is 0 Å². The van der Waals surface area contributed by atoms with Crippen LogP contribution in [0.4, 0.5) is 10.2 Å². The highest BCUT2D eigenvalue weighted by Gasteiger charge is 2.45. The fourth-order valence-corrected chi connectivity index (χ4v) is 3.37. The van der Waals surface area contributed by atoms with Crippen molar-refractivity contribution in [3.8, 4) is 5.75 Å². The molecule has 1 aliphatic carbocycles. The Hall–Kier alpha value is -3.16. The molecule has 1 fully saturated rings. The van der Waals surface area contributed by atoms with Crippen LogP contribution < -0.4 is 15.4 Å². The number of imidazole rings is 1. The number of nitrogens with one attached hydrogen (secondary N) is 2. The second kappa shape index (κ2) is 5.67. The van der Waals surface area contributed by atoms with Gasteiger partial charge in [0.1, 0.15) is 24.0 Å². The van der Waals surface area contributed by atoms with Gasteiger partial charge in [0.25, 0.3) is 5.91 Å². The molecule has 8 heteroatoms. The molecule has 1 saturated carbocycles. The number of halogens is 1. The first kappa shape index (κ1) is 16.0. The minimum atomic E-state index is -0.408. The number of anilines is 1. The van der Waals surface area contributed by atoms with Crippen molar-refractivity contribution >= 4 is 17.4 Å². The molecule has 1 aliphatic heterocycles. The monoisotopic (exact) mass is 367 g/mol. The second-order valence-electron chi connectivity index (χ2n) is 7.20. The highest BCUT2D eigenvalue weighted by Crippen LogP contribution is 2.38. The van der Waals surface area contributed by atoms with Crippen molar-refractivity contribution in [1.29, 1.82) is 0 Å². The summed E-state index contributed by atoms with van der Waals surface area (Å²) in [6, 6.07) is 7.79. The molecule has 0 unspecified atom stereocenters. The lowest BCUT2D eigenvalue weighted by Gasteiger charge is -2.21. The van der Waals surface area contributed by atoms with E-state index < -0.39 is 5.54 Å². The van der Waals surface area contributed by atoms with Crippen LogP contribution in [0.3, 0.4) is 0 Å². The molecule has 3 heterocycles. The van der Waals surface area contributed by atoms with Gasteiger partial charge in [0, 0.05) is 5.56 Å². The standard InChI is InChI=1S/C19H18FN5O2/c1-11-13-8-12(20)2-3-15(13)27-10-19(6-7-19)23-18(26)14-9-21-17-5-4-16(22-11)24-25(14)17/h2-5,8-9,11H,6-7,10H2,1H3,(H,22,24)(H,23,26)/t11-/m0/s1. The molecule has 2 N–H and O–H groups in total. The summed E-state index contributed by atoms with van der Waals surface area (Å²) in [4.78, 5) is 17.0. The number of carbonyl (C=O) groups excluding carboxylic acids is 1. The summed E-state index contributed by atoms with van der Waals surface area (Å²) in [6.07, 6.45) is 3.18. The topological polar surface area (TPSA) is 80.5 Å². The average Bonchev–Trinajstić information content (AvgIpc) is 3.27. The van der Waals surface area contributed by atoms with Crippen LogP contribution in [-0.4, -0.2) is 32.7 Å². The van der Waals surface area contributed by atoms with Crippen molar-refractivity contribution in [3.05, 3.63) is 53.6 Å². The Morgan fingerprint density at radius 2 is 2.15 bits per heavy atom. The molecule has 5 rings (SSSR count). The zero-order valence-corrected chi connectivity index (χ0v) is 14.7. The Bertz CT molecular complexity index is 1060. The van der Waals surface area contributed by atoms with E-state index in [4.69, 9.17) is 4.74 Å². The van der Waals surface area contributed by atoms with Crippen molar-refractivity contribution < 1.29 is 13.9 Å². The van der Waals surface area contributed by atoms with Gasteiger partial charge in [-0.25, -0.2) is 13.9 Å². The van der Waals surface area contributed by atoms with Crippen molar-refractivity contribution in [2.45, 2.75) is 31.3 Å². The van der Waals surface area contributed by atoms with E-state index in [1.165, 1.54) is 22.8 Å². The Kier molecular flexibility index (Phi) is 3.37. The lowest BCUT2D eigenvalue weighted by molar-refractivity contribution is 0.0905. The molecule has 1 aromatic carbocycles. The van der Waals surface area contributed by atoms with Crippen molar-refractivity contribution in [2.75, 3.05) is 11.9 Å². The van der Waals surface area contributed by atoms with Crippen LogP contribution in [0.25, 0.3) is 5.65 Å². The molecule has 27 heavy (non-hydrogen) atoms. The maximum atomic E-state index is 13.9. The van der Waals surface area contributed by atoms with Gasteiger partial charge in [-0.2, -0.15) is 0 Å². The number of benzene rings is 1. The van der Waals surface area contributed by atoms with Gasteiger partial charge in [0.05, 0.1) is 17.8 Å². The van der Waals surface area contributed by atoms with E-state index in [1.54, 1.807) is 18.2 Å². The van der Waals surface area contributed by atoms with Gasteiger partial charge in [-0.15, -0.1) is 5.10 Å². The highest BCUT2D eigenvalue weighted by molar-refractivity contribution is 5.94. The number of aromatic nitrogens is 3. The summed E-state index contributed by atoms with van der Waals surface area (Å²) in [7, 11) is 0.